The van der Waals surface area contributed by atoms with Gasteiger partial charge in [0.1, 0.15) is 11.1 Å². The Kier molecular flexibility index (Phi) is 5.02. The van der Waals surface area contributed by atoms with Gasteiger partial charge >= 0.3 is 5.97 Å². The minimum absolute atomic E-state index is 0.118. The molecule has 0 fully saturated rings. The lowest BCUT2D eigenvalue weighted by atomic mass is 9.96. The first-order valence-electron chi connectivity index (χ1n) is 7.18. The zero-order chi connectivity index (χ0) is 14.5. The second kappa shape index (κ2) is 6.76. The zero-order valence-corrected chi connectivity index (χ0v) is 12.6. The van der Waals surface area contributed by atoms with E-state index >= 15 is 0 Å². The van der Waals surface area contributed by atoms with E-state index in [4.69, 9.17) is 5.11 Å². The summed E-state index contributed by atoms with van der Waals surface area (Å²) in [5.41, 5.74) is 2.01. The molecule has 2 rings (SSSR count). The van der Waals surface area contributed by atoms with E-state index in [1.54, 1.807) is 11.3 Å². The fourth-order valence-corrected chi connectivity index (χ4v) is 4.09. The van der Waals surface area contributed by atoms with Crippen molar-refractivity contribution in [1.82, 2.24) is 0 Å². The van der Waals surface area contributed by atoms with Gasteiger partial charge in [-0.3, -0.25) is 4.79 Å². The number of thiophene rings is 1. The van der Waals surface area contributed by atoms with Crippen molar-refractivity contribution >= 4 is 22.3 Å². The van der Waals surface area contributed by atoms with Crippen molar-refractivity contribution < 1.29 is 9.90 Å². The second-order valence-corrected chi connectivity index (χ2v) is 6.22. The fourth-order valence-electron chi connectivity index (χ4n) is 2.70. The van der Waals surface area contributed by atoms with Crippen LogP contribution in [0.25, 0.3) is 0 Å². The largest absolute Gasteiger partial charge is 0.481 e. The van der Waals surface area contributed by atoms with E-state index in [0.29, 0.717) is 6.54 Å². The molecular formula is C15H20N2O2S. The number of aryl methyl sites for hydroxylation is 1. The van der Waals surface area contributed by atoms with E-state index in [1.807, 2.05) is 0 Å². The van der Waals surface area contributed by atoms with Crippen molar-refractivity contribution in [1.29, 1.82) is 5.26 Å². The van der Waals surface area contributed by atoms with Crippen molar-refractivity contribution in [2.24, 2.45) is 0 Å². The molecule has 0 bridgehead atoms. The Morgan fingerprint density at radius 1 is 1.40 bits per heavy atom. The van der Waals surface area contributed by atoms with Crippen LogP contribution in [-0.4, -0.2) is 24.2 Å². The van der Waals surface area contributed by atoms with Gasteiger partial charge in [0.2, 0.25) is 0 Å². The molecule has 1 aromatic rings. The predicted octanol–water partition coefficient (Wildman–Crippen LogP) is 3.19. The van der Waals surface area contributed by atoms with Gasteiger partial charge in [0.25, 0.3) is 0 Å². The van der Waals surface area contributed by atoms with E-state index in [0.717, 1.165) is 42.8 Å². The Morgan fingerprint density at radius 3 is 2.80 bits per heavy atom. The first kappa shape index (κ1) is 14.9. The molecule has 20 heavy (non-hydrogen) atoms. The first-order chi connectivity index (χ1) is 9.67. The molecule has 4 nitrogen and oxygen atoms in total. The van der Waals surface area contributed by atoms with E-state index in [9.17, 15) is 10.1 Å². The molecular weight excluding hydrogens is 272 g/mol. The highest BCUT2D eigenvalue weighted by Gasteiger charge is 2.23. The summed E-state index contributed by atoms with van der Waals surface area (Å²) < 4.78 is 0. The summed E-state index contributed by atoms with van der Waals surface area (Å²) in [4.78, 5) is 14.2. The molecule has 1 aromatic heterocycles. The van der Waals surface area contributed by atoms with Crippen molar-refractivity contribution in [3.05, 3.63) is 16.0 Å². The topological polar surface area (TPSA) is 64.3 Å². The molecule has 0 unspecified atom stereocenters. The molecule has 0 saturated carbocycles. The van der Waals surface area contributed by atoms with Gasteiger partial charge < -0.3 is 10.0 Å². The number of anilines is 1. The standard InChI is InChI=1S/C15H20N2O2S/c1-2-8-17(9-7-14(18)19)15-12(10-16)11-5-3-4-6-13(11)20-15/h2-9H2,1H3,(H,18,19). The molecule has 0 amide bonds. The molecule has 0 spiro atoms. The van der Waals surface area contributed by atoms with E-state index in [-0.39, 0.29) is 6.42 Å². The maximum atomic E-state index is 10.8. The minimum atomic E-state index is -0.786. The van der Waals surface area contributed by atoms with Crippen LogP contribution < -0.4 is 4.90 Å². The molecule has 0 radical (unpaired) electrons. The molecule has 1 heterocycles. The summed E-state index contributed by atoms with van der Waals surface area (Å²) in [6.07, 6.45) is 5.48. The summed E-state index contributed by atoms with van der Waals surface area (Å²) in [5.74, 6) is -0.786. The third kappa shape index (κ3) is 3.13. The minimum Gasteiger partial charge on any atom is -0.481 e. The van der Waals surface area contributed by atoms with Gasteiger partial charge in [0.05, 0.1) is 12.0 Å². The SMILES string of the molecule is CCCN(CCC(=O)O)c1sc2c(c1C#N)CCCC2. The van der Waals surface area contributed by atoms with Gasteiger partial charge in [-0.05, 0) is 37.7 Å². The zero-order valence-electron chi connectivity index (χ0n) is 11.8. The lowest BCUT2D eigenvalue weighted by molar-refractivity contribution is -0.136. The van der Waals surface area contributed by atoms with E-state index in [2.05, 4.69) is 17.9 Å². The first-order valence-corrected chi connectivity index (χ1v) is 8.00. The van der Waals surface area contributed by atoms with Crippen LogP contribution >= 0.6 is 11.3 Å². The Balaban J connectivity index is 2.30. The quantitative estimate of drug-likeness (QED) is 0.874. The smallest absolute Gasteiger partial charge is 0.305 e. The van der Waals surface area contributed by atoms with Crippen LogP contribution in [-0.2, 0) is 17.6 Å². The van der Waals surface area contributed by atoms with Gasteiger partial charge in [0, 0.05) is 18.0 Å². The van der Waals surface area contributed by atoms with Crippen LogP contribution in [0, 0.1) is 11.3 Å². The lowest BCUT2D eigenvalue weighted by Gasteiger charge is -2.22. The molecule has 0 aromatic carbocycles. The molecule has 0 aliphatic heterocycles. The summed E-state index contributed by atoms with van der Waals surface area (Å²) in [6.45, 7) is 3.37. The Bertz CT molecular complexity index is 531. The molecule has 5 heteroatoms. The third-order valence-electron chi connectivity index (χ3n) is 3.64. The Morgan fingerprint density at radius 2 is 2.15 bits per heavy atom. The van der Waals surface area contributed by atoms with Gasteiger partial charge in [0.15, 0.2) is 0 Å². The van der Waals surface area contributed by atoms with Crippen molar-refractivity contribution in [2.45, 2.75) is 45.4 Å². The number of carboxylic acids is 1. The van der Waals surface area contributed by atoms with Gasteiger partial charge in [-0.25, -0.2) is 0 Å². The second-order valence-electron chi connectivity index (χ2n) is 5.13. The van der Waals surface area contributed by atoms with Crippen molar-refractivity contribution in [2.75, 3.05) is 18.0 Å². The predicted molar refractivity (Wildman–Crippen MR) is 80.4 cm³/mol. The van der Waals surface area contributed by atoms with Crippen molar-refractivity contribution in [3.63, 3.8) is 0 Å². The number of fused-ring (bicyclic) bond motifs is 1. The fraction of sp³-hybridized carbons (Fsp3) is 0.600. The normalized spacial score (nSPS) is 13.6. The number of hydrogen-bond donors (Lipinski definition) is 1. The van der Waals surface area contributed by atoms with E-state index < -0.39 is 5.97 Å². The highest BCUT2D eigenvalue weighted by atomic mass is 32.1. The highest BCUT2D eigenvalue weighted by Crippen LogP contribution is 2.39. The van der Waals surface area contributed by atoms with E-state index in [1.165, 1.54) is 16.9 Å². The maximum Gasteiger partial charge on any atom is 0.305 e. The molecule has 1 aliphatic rings. The van der Waals surface area contributed by atoms with Crippen LogP contribution in [0.15, 0.2) is 0 Å². The molecule has 1 aliphatic carbocycles. The average molecular weight is 292 g/mol. The number of aliphatic carboxylic acids is 1. The number of carboxylic acid groups (broad SMARTS) is 1. The van der Waals surface area contributed by atoms with Gasteiger partial charge in [-0.2, -0.15) is 5.26 Å². The molecule has 108 valence electrons. The average Bonchev–Trinajstić information content (AvgIpc) is 2.81. The third-order valence-corrected chi connectivity index (χ3v) is 4.99. The number of hydrogen-bond acceptors (Lipinski definition) is 4. The van der Waals surface area contributed by atoms with Gasteiger partial charge in [-0.15, -0.1) is 11.3 Å². The Labute approximate surface area is 123 Å². The van der Waals surface area contributed by atoms with Crippen LogP contribution in [0.3, 0.4) is 0 Å². The summed E-state index contributed by atoms with van der Waals surface area (Å²) in [6, 6.07) is 2.35. The summed E-state index contributed by atoms with van der Waals surface area (Å²) in [7, 11) is 0. The van der Waals surface area contributed by atoms with Crippen LogP contribution in [0.2, 0.25) is 0 Å². The van der Waals surface area contributed by atoms with Crippen molar-refractivity contribution in [3.8, 4) is 6.07 Å². The van der Waals surface area contributed by atoms with Crippen LogP contribution in [0.1, 0.15) is 48.6 Å². The van der Waals surface area contributed by atoms with Crippen LogP contribution in [0.4, 0.5) is 5.00 Å². The van der Waals surface area contributed by atoms with Crippen LogP contribution in [0.5, 0.6) is 0 Å². The Hall–Kier alpha value is -1.54. The molecule has 1 N–H and O–H groups in total. The highest BCUT2D eigenvalue weighted by molar-refractivity contribution is 7.16. The molecule has 0 saturated heterocycles. The molecule has 0 atom stereocenters. The number of nitriles is 1. The number of carbonyl (C=O) groups is 1. The summed E-state index contributed by atoms with van der Waals surface area (Å²) >= 11 is 1.70. The number of rotatable bonds is 6. The van der Waals surface area contributed by atoms with Gasteiger partial charge in [-0.1, -0.05) is 6.92 Å². The maximum absolute atomic E-state index is 10.8. The summed E-state index contributed by atoms with van der Waals surface area (Å²) in [5, 5.41) is 19.3. The lowest BCUT2D eigenvalue weighted by Crippen LogP contribution is -2.26. The monoisotopic (exact) mass is 292 g/mol. The number of nitrogens with zero attached hydrogens (tertiary/aromatic N) is 2.